The number of aliphatic carboxylic acids is 1. The van der Waals surface area contributed by atoms with Gasteiger partial charge in [0.25, 0.3) is 6.43 Å². The second-order valence-electron chi connectivity index (χ2n) is 6.12. The van der Waals surface area contributed by atoms with Gasteiger partial charge in [-0.05, 0) is 44.2 Å². The minimum Gasteiger partial charge on any atom is -0.488 e. The third kappa shape index (κ3) is 5.36. The van der Waals surface area contributed by atoms with Crippen molar-refractivity contribution >= 4 is 16.0 Å². The molecule has 7 nitrogen and oxygen atoms in total. The molecule has 1 saturated heterocycles. The summed E-state index contributed by atoms with van der Waals surface area (Å²) in [5.41, 5.74) is 0. The van der Waals surface area contributed by atoms with Crippen LogP contribution in [0.5, 0.6) is 5.75 Å². The van der Waals surface area contributed by atoms with Crippen molar-refractivity contribution in [3.63, 3.8) is 0 Å². The van der Waals surface area contributed by atoms with Crippen molar-refractivity contribution in [3.05, 3.63) is 24.3 Å². The molecule has 26 heavy (non-hydrogen) atoms. The quantitative estimate of drug-likeness (QED) is 0.722. The topological polar surface area (TPSA) is 87.2 Å². The van der Waals surface area contributed by atoms with Gasteiger partial charge in [0.1, 0.15) is 12.4 Å². The summed E-state index contributed by atoms with van der Waals surface area (Å²) < 4.78 is 55.8. The number of sulfonamides is 1. The van der Waals surface area contributed by atoms with E-state index in [4.69, 9.17) is 9.84 Å². The summed E-state index contributed by atoms with van der Waals surface area (Å²) in [7, 11) is -1.98. The Morgan fingerprint density at radius 2 is 1.88 bits per heavy atom. The Labute approximate surface area is 151 Å². The van der Waals surface area contributed by atoms with Crippen LogP contribution in [0.1, 0.15) is 12.8 Å². The fraction of sp³-hybridized carbons (Fsp3) is 0.562. The zero-order valence-corrected chi connectivity index (χ0v) is 15.2. The van der Waals surface area contributed by atoms with Gasteiger partial charge in [0.05, 0.1) is 11.4 Å². The molecule has 1 aromatic carbocycles. The highest BCUT2D eigenvalue weighted by Crippen LogP contribution is 2.24. The molecule has 0 saturated carbocycles. The van der Waals surface area contributed by atoms with Gasteiger partial charge < -0.3 is 9.84 Å². The summed E-state index contributed by atoms with van der Waals surface area (Å²) in [6, 6.07) is 5.38. The molecule has 0 bridgehead atoms. The number of nitrogens with zero attached hydrogens (tertiary/aromatic N) is 2. The maximum atomic E-state index is 12.7. The molecule has 0 amide bonds. The van der Waals surface area contributed by atoms with Gasteiger partial charge in [-0.1, -0.05) is 0 Å². The Balaban J connectivity index is 1.97. The molecule has 1 aliphatic heterocycles. The van der Waals surface area contributed by atoms with Crippen LogP contribution in [0.4, 0.5) is 8.78 Å². The van der Waals surface area contributed by atoms with Crippen LogP contribution in [0.3, 0.4) is 0 Å². The first kappa shape index (κ1) is 20.5. The number of likely N-dealkylation sites (N-methyl/N-ethyl adjacent to an activating group) is 1. The van der Waals surface area contributed by atoms with Crippen LogP contribution < -0.4 is 4.74 Å². The molecule has 0 atom stereocenters. The average Bonchev–Trinajstić information content (AvgIpc) is 2.60. The van der Waals surface area contributed by atoms with Crippen molar-refractivity contribution in [2.24, 2.45) is 0 Å². The van der Waals surface area contributed by atoms with E-state index in [-0.39, 0.29) is 23.2 Å². The van der Waals surface area contributed by atoms with E-state index in [2.05, 4.69) is 0 Å². The Morgan fingerprint density at radius 1 is 1.31 bits per heavy atom. The Morgan fingerprint density at radius 3 is 2.38 bits per heavy atom. The molecule has 1 aliphatic rings. The van der Waals surface area contributed by atoms with Gasteiger partial charge >= 0.3 is 5.97 Å². The van der Waals surface area contributed by atoms with Crippen LogP contribution in [0.2, 0.25) is 0 Å². The molecule has 1 heterocycles. The van der Waals surface area contributed by atoms with Gasteiger partial charge in [-0.2, -0.15) is 4.31 Å². The number of ether oxygens (including phenoxy) is 1. The third-order valence-electron chi connectivity index (χ3n) is 4.27. The maximum Gasteiger partial charge on any atom is 0.317 e. The molecule has 0 spiro atoms. The van der Waals surface area contributed by atoms with Crippen molar-refractivity contribution in [2.45, 2.75) is 30.2 Å². The number of carboxylic acid groups (broad SMARTS) is 1. The molecule has 146 valence electrons. The van der Waals surface area contributed by atoms with Crippen LogP contribution in [0, 0.1) is 0 Å². The molecule has 0 radical (unpaired) electrons. The largest absolute Gasteiger partial charge is 0.488 e. The number of carbonyl (C=O) groups is 1. The number of piperidine rings is 1. The van der Waals surface area contributed by atoms with Crippen molar-refractivity contribution in [1.29, 1.82) is 0 Å². The average molecular weight is 392 g/mol. The van der Waals surface area contributed by atoms with Crippen LogP contribution >= 0.6 is 0 Å². The minimum atomic E-state index is -3.69. The van der Waals surface area contributed by atoms with Gasteiger partial charge in [-0.3, -0.25) is 9.69 Å². The van der Waals surface area contributed by atoms with E-state index in [0.29, 0.717) is 25.9 Å². The first-order chi connectivity index (χ1) is 12.2. The third-order valence-corrected chi connectivity index (χ3v) is 6.18. The normalized spacial score (nSPS) is 17.0. The molecule has 1 fully saturated rings. The van der Waals surface area contributed by atoms with E-state index >= 15 is 0 Å². The van der Waals surface area contributed by atoms with Crippen LogP contribution in [0.15, 0.2) is 29.2 Å². The first-order valence-corrected chi connectivity index (χ1v) is 9.57. The lowest BCUT2D eigenvalue weighted by atomic mass is 10.1. The maximum absolute atomic E-state index is 12.7. The smallest absolute Gasteiger partial charge is 0.317 e. The Bertz CT molecular complexity index is 704. The number of halogens is 2. The summed E-state index contributed by atoms with van der Waals surface area (Å²) in [6.45, 7) is -0.248. The molecule has 0 aromatic heterocycles. The van der Waals surface area contributed by atoms with Gasteiger partial charge in [0, 0.05) is 19.1 Å². The summed E-state index contributed by atoms with van der Waals surface area (Å²) >= 11 is 0. The monoisotopic (exact) mass is 392 g/mol. The van der Waals surface area contributed by atoms with Crippen LogP contribution in [0.25, 0.3) is 0 Å². The van der Waals surface area contributed by atoms with E-state index in [1.165, 1.54) is 28.6 Å². The zero-order valence-electron chi connectivity index (χ0n) is 14.3. The summed E-state index contributed by atoms with van der Waals surface area (Å²) in [6.07, 6.45) is -1.52. The molecule has 10 heteroatoms. The van der Waals surface area contributed by atoms with Gasteiger partial charge in [0.15, 0.2) is 0 Å². The number of rotatable bonds is 8. The Hall–Kier alpha value is -1.78. The lowest BCUT2D eigenvalue weighted by Gasteiger charge is -2.35. The lowest BCUT2D eigenvalue weighted by molar-refractivity contribution is -0.138. The van der Waals surface area contributed by atoms with E-state index in [1.807, 2.05) is 0 Å². The summed E-state index contributed by atoms with van der Waals surface area (Å²) in [4.78, 5) is 12.6. The SMILES string of the molecule is CN(CC(=O)O)C1CCN(S(=O)(=O)c2ccc(OCC(F)F)cc2)CC1. The second-order valence-corrected chi connectivity index (χ2v) is 8.06. The van der Waals surface area contributed by atoms with Crippen molar-refractivity contribution in [2.75, 3.05) is 33.3 Å². The van der Waals surface area contributed by atoms with E-state index in [1.54, 1.807) is 11.9 Å². The van der Waals surface area contributed by atoms with Crippen molar-refractivity contribution < 1.29 is 31.8 Å². The number of carboxylic acids is 1. The van der Waals surface area contributed by atoms with Crippen LogP contribution in [-0.4, -0.2) is 74.5 Å². The number of hydrogen-bond donors (Lipinski definition) is 1. The second kappa shape index (κ2) is 8.74. The standard InChI is InChI=1S/C16H22F2N2O5S/c1-19(10-16(21)22)12-6-8-20(9-7-12)26(23,24)14-4-2-13(3-5-14)25-11-15(17)18/h2-5,12,15H,6-11H2,1H3,(H,21,22). The minimum absolute atomic E-state index is 0.0164. The number of benzene rings is 1. The predicted octanol–water partition coefficient (Wildman–Crippen LogP) is 1.50. The predicted molar refractivity (Wildman–Crippen MR) is 90.0 cm³/mol. The van der Waals surface area contributed by atoms with Crippen molar-refractivity contribution in [3.8, 4) is 5.75 Å². The van der Waals surface area contributed by atoms with Gasteiger partial charge in [-0.15, -0.1) is 0 Å². The highest BCUT2D eigenvalue weighted by atomic mass is 32.2. The molecular formula is C16H22F2N2O5S. The molecule has 2 rings (SSSR count). The van der Waals surface area contributed by atoms with Crippen LogP contribution in [-0.2, 0) is 14.8 Å². The van der Waals surface area contributed by atoms with Gasteiger partial charge in [-0.25, -0.2) is 17.2 Å². The fourth-order valence-corrected chi connectivity index (χ4v) is 4.35. The first-order valence-electron chi connectivity index (χ1n) is 8.13. The van der Waals surface area contributed by atoms with E-state index < -0.39 is 29.0 Å². The lowest BCUT2D eigenvalue weighted by Crippen LogP contribution is -2.46. The molecule has 0 aliphatic carbocycles. The number of alkyl halides is 2. The van der Waals surface area contributed by atoms with Crippen molar-refractivity contribution in [1.82, 2.24) is 9.21 Å². The Kier molecular flexibility index (Phi) is 6.90. The van der Waals surface area contributed by atoms with Gasteiger partial charge in [0.2, 0.25) is 10.0 Å². The highest BCUT2D eigenvalue weighted by molar-refractivity contribution is 7.89. The fourth-order valence-electron chi connectivity index (χ4n) is 2.88. The molecule has 1 N–H and O–H groups in total. The van der Waals surface area contributed by atoms with E-state index in [9.17, 15) is 22.0 Å². The summed E-state index contributed by atoms with van der Waals surface area (Å²) in [5.74, 6) is -0.741. The highest BCUT2D eigenvalue weighted by Gasteiger charge is 2.31. The van der Waals surface area contributed by atoms with E-state index in [0.717, 1.165) is 0 Å². The molecule has 0 unspecified atom stereocenters. The molecule has 1 aromatic rings. The zero-order chi connectivity index (χ0) is 19.3. The summed E-state index contributed by atoms with van der Waals surface area (Å²) in [5, 5.41) is 8.84. The number of hydrogen-bond acceptors (Lipinski definition) is 5. The molecular weight excluding hydrogens is 370 g/mol.